The van der Waals surface area contributed by atoms with Gasteiger partial charge in [-0.2, -0.15) is 5.10 Å². The van der Waals surface area contributed by atoms with Crippen LogP contribution in [0.3, 0.4) is 0 Å². The number of aromatic nitrogens is 2. The third kappa shape index (κ3) is 1.53. The highest BCUT2D eigenvalue weighted by atomic mass is 79.9. The molecular formula is C10H9BrN2O. The summed E-state index contributed by atoms with van der Waals surface area (Å²) in [5.41, 5.74) is 1.94. The topological polar surface area (TPSA) is 38.0 Å². The van der Waals surface area contributed by atoms with Crippen LogP contribution in [0.4, 0.5) is 0 Å². The lowest BCUT2D eigenvalue weighted by molar-refractivity contribution is 0.471. The second kappa shape index (κ2) is 3.46. The number of benzene rings is 1. The van der Waals surface area contributed by atoms with Crippen LogP contribution in [0.5, 0.6) is 5.75 Å². The highest BCUT2D eigenvalue weighted by molar-refractivity contribution is 9.10. The zero-order chi connectivity index (χ0) is 10.1. The smallest absolute Gasteiger partial charge is 0.131 e. The summed E-state index contributed by atoms with van der Waals surface area (Å²) in [5.74, 6) is 0.223. The van der Waals surface area contributed by atoms with Crippen LogP contribution in [-0.2, 0) is 0 Å². The van der Waals surface area contributed by atoms with Crippen molar-refractivity contribution in [3.05, 3.63) is 40.6 Å². The molecule has 0 fully saturated rings. The summed E-state index contributed by atoms with van der Waals surface area (Å²) in [5, 5.41) is 13.6. The average Bonchev–Trinajstić information content (AvgIpc) is 2.64. The summed E-state index contributed by atoms with van der Waals surface area (Å²) in [6.07, 6.45) is 3.55. The van der Waals surface area contributed by atoms with E-state index in [2.05, 4.69) is 21.0 Å². The molecule has 0 saturated carbocycles. The third-order valence-corrected chi connectivity index (χ3v) is 2.65. The van der Waals surface area contributed by atoms with Gasteiger partial charge in [0.15, 0.2) is 0 Å². The number of aryl methyl sites for hydroxylation is 1. The van der Waals surface area contributed by atoms with Crippen LogP contribution in [0.25, 0.3) is 5.69 Å². The van der Waals surface area contributed by atoms with Gasteiger partial charge in [0, 0.05) is 18.5 Å². The number of rotatable bonds is 1. The molecule has 0 spiro atoms. The molecule has 1 aromatic carbocycles. The maximum atomic E-state index is 9.54. The van der Waals surface area contributed by atoms with E-state index in [0.717, 1.165) is 11.3 Å². The van der Waals surface area contributed by atoms with E-state index in [9.17, 15) is 5.11 Å². The number of aromatic hydroxyl groups is 1. The van der Waals surface area contributed by atoms with E-state index in [1.807, 2.05) is 25.3 Å². The van der Waals surface area contributed by atoms with Crippen molar-refractivity contribution in [2.24, 2.45) is 0 Å². The van der Waals surface area contributed by atoms with E-state index >= 15 is 0 Å². The Morgan fingerprint density at radius 1 is 1.43 bits per heavy atom. The number of hydrogen-bond acceptors (Lipinski definition) is 2. The first-order valence-electron chi connectivity index (χ1n) is 4.17. The van der Waals surface area contributed by atoms with Gasteiger partial charge < -0.3 is 5.11 Å². The summed E-state index contributed by atoms with van der Waals surface area (Å²) in [7, 11) is 0. The molecule has 4 heteroatoms. The molecule has 0 bridgehead atoms. The van der Waals surface area contributed by atoms with Crippen LogP contribution < -0.4 is 0 Å². The molecule has 1 aromatic heterocycles. The van der Waals surface area contributed by atoms with Gasteiger partial charge in [0.25, 0.3) is 0 Å². The maximum absolute atomic E-state index is 9.54. The molecule has 2 rings (SSSR count). The fraction of sp³-hybridized carbons (Fsp3) is 0.100. The van der Waals surface area contributed by atoms with Crippen molar-refractivity contribution in [2.75, 3.05) is 0 Å². The fourth-order valence-corrected chi connectivity index (χ4v) is 1.77. The van der Waals surface area contributed by atoms with Gasteiger partial charge in [0.1, 0.15) is 5.75 Å². The molecule has 0 amide bonds. The molecule has 0 aliphatic carbocycles. The van der Waals surface area contributed by atoms with Crippen molar-refractivity contribution < 1.29 is 5.11 Å². The highest BCUT2D eigenvalue weighted by Gasteiger charge is 2.05. The van der Waals surface area contributed by atoms with Crippen molar-refractivity contribution in [1.82, 2.24) is 9.78 Å². The number of hydrogen-bond donors (Lipinski definition) is 1. The number of phenolic OH excluding ortho intramolecular Hbond substituents is 1. The molecule has 1 N–H and O–H groups in total. The second-order valence-electron chi connectivity index (χ2n) is 3.04. The van der Waals surface area contributed by atoms with Gasteiger partial charge in [-0.15, -0.1) is 0 Å². The number of halogens is 1. The van der Waals surface area contributed by atoms with Crippen LogP contribution in [-0.4, -0.2) is 14.9 Å². The van der Waals surface area contributed by atoms with Gasteiger partial charge in [0.2, 0.25) is 0 Å². The molecule has 72 valence electrons. The van der Waals surface area contributed by atoms with E-state index in [0.29, 0.717) is 4.47 Å². The van der Waals surface area contributed by atoms with E-state index in [-0.39, 0.29) is 5.75 Å². The maximum Gasteiger partial charge on any atom is 0.131 e. The van der Waals surface area contributed by atoms with Gasteiger partial charge in [-0.05, 0) is 40.5 Å². The van der Waals surface area contributed by atoms with Gasteiger partial charge in [0.05, 0.1) is 10.2 Å². The standard InChI is InChI=1S/C10H9BrN2O/c1-7-5-8(11)10(14)6-9(7)13-4-2-3-12-13/h2-6,14H,1H3. The zero-order valence-electron chi connectivity index (χ0n) is 7.61. The lowest BCUT2D eigenvalue weighted by Gasteiger charge is -2.07. The number of nitrogens with zero attached hydrogens (tertiary/aromatic N) is 2. The summed E-state index contributed by atoms with van der Waals surface area (Å²) in [4.78, 5) is 0. The quantitative estimate of drug-likeness (QED) is 0.848. The van der Waals surface area contributed by atoms with Crippen LogP contribution in [0, 0.1) is 6.92 Å². The summed E-state index contributed by atoms with van der Waals surface area (Å²) < 4.78 is 2.42. The van der Waals surface area contributed by atoms with Crippen LogP contribution in [0.2, 0.25) is 0 Å². The molecule has 3 nitrogen and oxygen atoms in total. The fourth-order valence-electron chi connectivity index (χ4n) is 1.31. The number of phenols is 1. The average molecular weight is 253 g/mol. The minimum Gasteiger partial charge on any atom is -0.507 e. The molecule has 2 aromatic rings. The van der Waals surface area contributed by atoms with Crippen molar-refractivity contribution in [3.63, 3.8) is 0 Å². The van der Waals surface area contributed by atoms with Crippen molar-refractivity contribution in [1.29, 1.82) is 0 Å². The predicted molar refractivity (Wildman–Crippen MR) is 57.7 cm³/mol. The first kappa shape index (κ1) is 9.27. The first-order chi connectivity index (χ1) is 6.68. The van der Waals surface area contributed by atoms with Crippen molar-refractivity contribution >= 4 is 15.9 Å². The largest absolute Gasteiger partial charge is 0.507 e. The Morgan fingerprint density at radius 2 is 2.21 bits per heavy atom. The summed E-state index contributed by atoms with van der Waals surface area (Å²) in [6.45, 7) is 1.97. The Bertz CT molecular complexity index is 451. The molecule has 0 aliphatic heterocycles. The van der Waals surface area contributed by atoms with E-state index in [1.54, 1.807) is 16.9 Å². The third-order valence-electron chi connectivity index (χ3n) is 2.02. The monoisotopic (exact) mass is 252 g/mol. The summed E-state index contributed by atoms with van der Waals surface area (Å²) >= 11 is 3.26. The zero-order valence-corrected chi connectivity index (χ0v) is 9.19. The Balaban J connectivity index is 2.60. The Morgan fingerprint density at radius 3 is 2.86 bits per heavy atom. The van der Waals surface area contributed by atoms with Crippen molar-refractivity contribution in [3.8, 4) is 11.4 Å². The molecule has 0 atom stereocenters. The predicted octanol–water partition coefficient (Wildman–Crippen LogP) is 2.65. The molecule has 0 aliphatic rings. The van der Waals surface area contributed by atoms with Crippen LogP contribution in [0.1, 0.15) is 5.56 Å². The van der Waals surface area contributed by atoms with Gasteiger partial charge in [-0.1, -0.05) is 0 Å². The van der Waals surface area contributed by atoms with Crippen molar-refractivity contribution in [2.45, 2.75) is 6.92 Å². The Hall–Kier alpha value is -1.29. The molecule has 1 heterocycles. The van der Waals surface area contributed by atoms with Gasteiger partial charge in [-0.25, -0.2) is 4.68 Å². The second-order valence-corrected chi connectivity index (χ2v) is 3.90. The molecule has 14 heavy (non-hydrogen) atoms. The molecule has 0 unspecified atom stereocenters. The van der Waals surface area contributed by atoms with E-state index in [4.69, 9.17) is 0 Å². The van der Waals surface area contributed by atoms with Crippen LogP contribution in [0.15, 0.2) is 35.1 Å². The van der Waals surface area contributed by atoms with Gasteiger partial charge >= 0.3 is 0 Å². The SMILES string of the molecule is Cc1cc(Br)c(O)cc1-n1cccn1. The molecule has 0 saturated heterocycles. The molecule has 0 radical (unpaired) electrons. The van der Waals surface area contributed by atoms with Crippen LogP contribution >= 0.6 is 15.9 Å². The summed E-state index contributed by atoms with van der Waals surface area (Å²) in [6, 6.07) is 5.40. The minimum atomic E-state index is 0.223. The lowest BCUT2D eigenvalue weighted by atomic mass is 10.2. The lowest BCUT2D eigenvalue weighted by Crippen LogP contribution is -1.97. The normalized spacial score (nSPS) is 10.4. The van der Waals surface area contributed by atoms with Gasteiger partial charge in [-0.3, -0.25) is 0 Å². The minimum absolute atomic E-state index is 0.223. The Kier molecular flexibility index (Phi) is 2.29. The molecular weight excluding hydrogens is 244 g/mol. The van der Waals surface area contributed by atoms with E-state index < -0.39 is 0 Å². The Labute approximate surface area is 90.1 Å². The highest BCUT2D eigenvalue weighted by Crippen LogP contribution is 2.28. The van der Waals surface area contributed by atoms with E-state index in [1.165, 1.54) is 0 Å². The first-order valence-corrected chi connectivity index (χ1v) is 4.97.